The molecule has 1 amide bonds. The molecule has 1 aliphatic rings. The highest BCUT2D eigenvalue weighted by molar-refractivity contribution is 5.85. The molecular weight excluding hydrogens is 288 g/mol. The van der Waals surface area contributed by atoms with Gasteiger partial charge in [-0.2, -0.15) is 0 Å². The van der Waals surface area contributed by atoms with Gasteiger partial charge in [-0.25, -0.2) is 0 Å². The van der Waals surface area contributed by atoms with Gasteiger partial charge in [0.15, 0.2) is 0 Å². The predicted molar refractivity (Wildman–Crippen MR) is 88.0 cm³/mol. The smallest absolute Gasteiger partial charge is 0.239 e. The van der Waals surface area contributed by atoms with E-state index in [4.69, 9.17) is 4.74 Å². The summed E-state index contributed by atoms with van der Waals surface area (Å²) >= 11 is 0. The third kappa shape index (κ3) is 7.34. The SMILES string of the molecule is Cl.O=C(CNc1ccccc1)NCCOC1CCCCC1. The third-order valence-electron chi connectivity index (χ3n) is 3.56. The summed E-state index contributed by atoms with van der Waals surface area (Å²) in [6, 6.07) is 9.73. The van der Waals surface area contributed by atoms with Crippen molar-refractivity contribution >= 4 is 24.0 Å². The van der Waals surface area contributed by atoms with Crippen LogP contribution in [0.25, 0.3) is 0 Å². The maximum Gasteiger partial charge on any atom is 0.239 e. The molecule has 1 aromatic rings. The second-order valence-corrected chi connectivity index (χ2v) is 5.20. The van der Waals surface area contributed by atoms with Crippen molar-refractivity contribution in [1.82, 2.24) is 5.32 Å². The van der Waals surface area contributed by atoms with E-state index in [0.717, 1.165) is 5.69 Å². The number of hydrogen-bond donors (Lipinski definition) is 2. The minimum absolute atomic E-state index is 0. The molecule has 1 saturated carbocycles. The van der Waals surface area contributed by atoms with Crippen LogP contribution in [-0.4, -0.2) is 31.7 Å². The van der Waals surface area contributed by atoms with Crippen LogP contribution in [0.4, 0.5) is 5.69 Å². The molecule has 2 N–H and O–H groups in total. The number of hydrogen-bond acceptors (Lipinski definition) is 3. The molecule has 118 valence electrons. The molecule has 0 aliphatic heterocycles. The number of ether oxygens (including phenoxy) is 1. The van der Waals surface area contributed by atoms with Crippen molar-refractivity contribution < 1.29 is 9.53 Å². The Morgan fingerprint density at radius 1 is 1.14 bits per heavy atom. The highest BCUT2D eigenvalue weighted by Crippen LogP contribution is 2.19. The molecule has 5 heteroatoms. The van der Waals surface area contributed by atoms with Gasteiger partial charge in [-0.15, -0.1) is 12.4 Å². The van der Waals surface area contributed by atoms with Gasteiger partial charge in [-0.05, 0) is 25.0 Å². The number of amides is 1. The number of carbonyl (C=O) groups excluding carboxylic acids is 1. The Balaban J connectivity index is 0.00000220. The van der Waals surface area contributed by atoms with E-state index in [1.165, 1.54) is 32.1 Å². The summed E-state index contributed by atoms with van der Waals surface area (Å²) in [5.41, 5.74) is 0.959. The summed E-state index contributed by atoms with van der Waals surface area (Å²) in [6.45, 7) is 1.50. The molecule has 0 saturated heterocycles. The third-order valence-corrected chi connectivity index (χ3v) is 3.56. The van der Waals surface area contributed by atoms with Gasteiger partial charge >= 0.3 is 0 Å². The van der Waals surface area contributed by atoms with E-state index in [2.05, 4.69) is 10.6 Å². The second kappa shape index (κ2) is 10.5. The Labute approximate surface area is 133 Å². The molecule has 1 fully saturated rings. The molecule has 21 heavy (non-hydrogen) atoms. The standard InChI is InChI=1S/C16H24N2O2.ClH/c19-16(13-18-14-7-3-1-4-8-14)17-11-12-20-15-9-5-2-6-10-15;/h1,3-4,7-8,15,18H,2,5-6,9-13H2,(H,17,19);1H. The molecular formula is C16H25ClN2O2. The van der Waals surface area contributed by atoms with Crippen molar-refractivity contribution in [3.63, 3.8) is 0 Å². The lowest BCUT2D eigenvalue weighted by Gasteiger charge is -2.22. The molecule has 0 spiro atoms. The summed E-state index contributed by atoms with van der Waals surface area (Å²) in [7, 11) is 0. The maximum atomic E-state index is 11.6. The lowest BCUT2D eigenvalue weighted by molar-refractivity contribution is -0.119. The topological polar surface area (TPSA) is 50.4 Å². The number of rotatable bonds is 7. The van der Waals surface area contributed by atoms with Crippen molar-refractivity contribution in [2.24, 2.45) is 0 Å². The Bertz CT molecular complexity index is 395. The first-order valence-electron chi connectivity index (χ1n) is 7.52. The largest absolute Gasteiger partial charge is 0.376 e. The molecule has 4 nitrogen and oxygen atoms in total. The summed E-state index contributed by atoms with van der Waals surface area (Å²) in [6.07, 6.45) is 6.63. The number of anilines is 1. The van der Waals surface area contributed by atoms with Gasteiger partial charge in [0.25, 0.3) is 0 Å². The van der Waals surface area contributed by atoms with Gasteiger partial charge in [0.1, 0.15) is 0 Å². The van der Waals surface area contributed by atoms with Crippen LogP contribution in [0, 0.1) is 0 Å². The first-order valence-corrected chi connectivity index (χ1v) is 7.52. The molecule has 0 radical (unpaired) electrons. The quantitative estimate of drug-likeness (QED) is 0.761. The van der Waals surface area contributed by atoms with Gasteiger partial charge in [0.05, 0.1) is 19.3 Å². The Morgan fingerprint density at radius 2 is 1.86 bits per heavy atom. The summed E-state index contributed by atoms with van der Waals surface area (Å²) in [5.74, 6) is 0.00102. The average Bonchev–Trinajstić information content (AvgIpc) is 2.52. The fraction of sp³-hybridized carbons (Fsp3) is 0.562. The molecule has 2 rings (SSSR count). The minimum Gasteiger partial charge on any atom is -0.376 e. The fourth-order valence-electron chi connectivity index (χ4n) is 2.45. The first-order chi connectivity index (χ1) is 9.84. The van der Waals surface area contributed by atoms with E-state index in [0.29, 0.717) is 25.8 Å². The Kier molecular flexibility index (Phi) is 8.87. The molecule has 0 atom stereocenters. The van der Waals surface area contributed by atoms with Crippen LogP contribution in [0.5, 0.6) is 0 Å². The average molecular weight is 313 g/mol. The van der Waals surface area contributed by atoms with Gasteiger partial charge in [0, 0.05) is 12.2 Å². The van der Waals surface area contributed by atoms with Gasteiger partial charge in [-0.3, -0.25) is 4.79 Å². The highest BCUT2D eigenvalue weighted by Gasteiger charge is 2.13. The van der Waals surface area contributed by atoms with E-state index in [1.54, 1.807) is 0 Å². The van der Waals surface area contributed by atoms with Crippen LogP contribution in [0.3, 0.4) is 0 Å². The van der Waals surface area contributed by atoms with E-state index >= 15 is 0 Å². The highest BCUT2D eigenvalue weighted by atomic mass is 35.5. The zero-order valence-corrected chi connectivity index (χ0v) is 13.2. The minimum atomic E-state index is 0. The van der Waals surface area contributed by atoms with E-state index in [-0.39, 0.29) is 18.3 Å². The Morgan fingerprint density at radius 3 is 2.57 bits per heavy atom. The zero-order chi connectivity index (χ0) is 14.0. The number of halogens is 1. The Hall–Kier alpha value is -1.26. The van der Waals surface area contributed by atoms with Crippen LogP contribution in [0.2, 0.25) is 0 Å². The summed E-state index contributed by atoms with van der Waals surface area (Å²) in [4.78, 5) is 11.6. The number of para-hydroxylation sites is 1. The van der Waals surface area contributed by atoms with Crippen molar-refractivity contribution in [3.8, 4) is 0 Å². The molecule has 0 aromatic heterocycles. The van der Waals surface area contributed by atoms with Crippen LogP contribution in [0.15, 0.2) is 30.3 Å². The summed E-state index contributed by atoms with van der Waals surface area (Å²) in [5, 5.41) is 5.95. The van der Waals surface area contributed by atoms with Crippen molar-refractivity contribution in [2.45, 2.75) is 38.2 Å². The number of nitrogens with one attached hydrogen (secondary N) is 2. The van der Waals surface area contributed by atoms with Crippen molar-refractivity contribution in [1.29, 1.82) is 0 Å². The van der Waals surface area contributed by atoms with E-state index in [9.17, 15) is 4.79 Å². The lowest BCUT2D eigenvalue weighted by Crippen LogP contribution is -2.33. The zero-order valence-electron chi connectivity index (χ0n) is 12.3. The van der Waals surface area contributed by atoms with Crippen LogP contribution < -0.4 is 10.6 Å². The molecule has 0 heterocycles. The number of benzene rings is 1. The molecule has 1 aromatic carbocycles. The van der Waals surface area contributed by atoms with Crippen LogP contribution >= 0.6 is 12.4 Å². The second-order valence-electron chi connectivity index (χ2n) is 5.20. The van der Waals surface area contributed by atoms with Gasteiger partial charge in [-0.1, -0.05) is 37.5 Å². The predicted octanol–water partition coefficient (Wildman–Crippen LogP) is 2.99. The molecule has 0 unspecified atom stereocenters. The maximum absolute atomic E-state index is 11.6. The van der Waals surface area contributed by atoms with Crippen molar-refractivity contribution in [3.05, 3.63) is 30.3 Å². The van der Waals surface area contributed by atoms with E-state index < -0.39 is 0 Å². The molecule has 1 aliphatic carbocycles. The number of carbonyl (C=O) groups is 1. The fourth-order valence-corrected chi connectivity index (χ4v) is 2.45. The molecule has 0 bridgehead atoms. The monoisotopic (exact) mass is 312 g/mol. The van der Waals surface area contributed by atoms with Crippen molar-refractivity contribution in [2.75, 3.05) is 25.0 Å². The van der Waals surface area contributed by atoms with Crippen LogP contribution in [-0.2, 0) is 9.53 Å². The first kappa shape index (κ1) is 17.8. The normalized spacial score (nSPS) is 15.0. The lowest BCUT2D eigenvalue weighted by atomic mass is 9.98. The van der Waals surface area contributed by atoms with Gasteiger partial charge in [0.2, 0.25) is 5.91 Å². The van der Waals surface area contributed by atoms with Gasteiger partial charge < -0.3 is 15.4 Å². The van der Waals surface area contributed by atoms with E-state index in [1.807, 2.05) is 30.3 Å². The summed E-state index contributed by atoms with van der Waals surface area (Å²) < 4.78 is 5.76. The van der Waals surface area contributed by atoms with Crippen LogP contribution in [0.1, 0.15) is 32.1 Å².